The Balaban J connectivity index is 1.88. The van der Waals surface area contributed by atoms with Crippen molar-refractivity contribution in [2.75, 3.05) is 24.5 Å². The molecular formula is C15H20N6. The number of nitrogens with two attached hydrogens (primary N) is 1. The summed E-state index contributed by atoms with van der Waals surface area (Å²) in [4.78, 5) is 19.9. The standard InChI is InChI=1S/C15H20N6/c1-11-14(18-7-6-17-11)13-4-5-19-15(20-13)21-8-2-3-12(9-16)10-21/h4-7,12H,2-3,8-10,16H2,1H3. The first-order chi connectivity index (χ1) is 10.3. The van der Waals surface area contributed by atoms with Crippen molar-refractivity contribution in [2.45, 2.75) is 19.8 Å². The molecule has 6 heteroatoms. The molecule has 21 heavy (non-hydrogen) atoms. The molecule has 0 spiro atoms. The Hall–Kier alpha value is -2.08. The Bertz CT molecular complexity index is 615. The van der Waals surface area contributed by atoms with Gasteiger partial charge in [-0.1, -0.05) is 0 Å². The molecule has 1 aliphatic heterocycles. The molecule has 110 valence electrons. The highest BCUT2D eigenvalue weighted by Gasteiger charge is 2.21. The fraction of sp³-hybridized carbons (Fsp3) is 0.467. The lowest BCUT2D eigenvalue weighted by molar-refractivity contribution is 0.419. The summed E-state index contributed by atoms with van der Waals surface area (Å²) in [6.07, 6.45) is 7.50. The van der Waals surface area contributed by atoms with Crippen molar-refractivity contribution >= 4 is 5.95 Å². The molecule has 1 aliphatic rings. The van der Waals surface area contributed by atoms with Crippen LogP contribution in [0.15, 0.2) is 24.7 Å². The molecule has 0 bridgehead atoms. The van der Waals surface area contributed by atoms with Gasteiger partial charge >= 0.3 is 0 Å². The van der Waals surface area contributed by atoms with Gasteiger partial charge in [-0.25, -0.2) is 9.97 Å². The van der Waals surface area contributed by atoms with Crippen molar-refractivity contribution in [3.8, 4) is 11.4 Å². The molecule has 0 aliphatic carbocycles. The minimum Gasteiger partial charge on any atom is -0.340 e. The summed E-state index contributed by atoms with van der Waals surface area (Å²) in [6.45, 7) is 4.58. The van der Waals surface area contributed by atoms with Crippen molar-refractivity contribution in [2.24, 2.45) is 11.7 Å². The van der Waals surface area contributed by atoms with E-state index in [2.05, 4.69) is 24.8 Å². The van der Waals surface area contributed by atoms with Crippen LogP contribution in [0.1, 0.15) is 18.5 Å². The van der Waals surface area contributed by atoms with Gasteiger partial charge in [-0.3, -0.25) is 9.97 Å². The second-order valence-electron chi connectivity index (χ2n) is 5.42. The Morgan fingerprint density at radius 1 is 1.24 bits per heavy atom. The van der Waals surface area contributed by atoms with Crippen molar-refractivity contribution in [1.29, 1.82) is 0 Å². The summed E-state index contributed by atoms with van der Waals surface area (Å²) < 4.78 is 0. The predicted octanol–water partition coefficient (Wildman–Crippen LogP) is 1.42. The maximum Gasteiger partial charge on any atom is 0.225 e. The number of anilines is 1. The van der Waals surface area contributed by atoms with E-state index in [0.717, 1.165) is 49.1 Å². The third-order valence-corrected chi connectivity index (χ3v) is 3.90. The van der Waals surface area contributed by atoms with E-state index >= 15 is 0 Å². The fourth-order valence-electron chi connectivity index (χ4n) is 2.73. The topological polar surface area (TPSA) is 80.8 Å². The van der Waals surface area contributed by atoms with E-state index in [1.807, 2.05) is 13.0 Å². The average Bonchev–Trinajstić information content (AvgIpc) is 2.55. The zero-order chi connectivity index (χ0) is 14.7. The molecule has 1 fully saturated rings. The Labute approximate surface area is 124 Å². The van der Waals surface area contributed by atoms with Crippen LogP contribution in [0.4, 0.5) is 5.95 Å². The maximum atomic E-state index is 5.80. The van der Waals surface area contributed by atoms with Gasteiger partial charge in [0.25, 0.3) is 0 Å². The fourth-order valence-corrected chi connectivity index (χ4v) is 2.73. The Kier molecular flexibility index (Phi) is 4.06. The largest absolute Gasteiger partial charge is 0.340 e. The van der Waals surface area contributed by atoms with Crippen LogP contribution in [0.25, 0.3) is 11.4 Å². The molecular weight excluding hydrogens is 264 g/mol. The van der Waals surface area contributed by atoms with Gasteiger partial charge in [-0.05, 0) is 38.3 Å². The second-order valence-corrected chi connectivity index (χ2v) is 5.42. The summed E-state index contributed by atoms with van der Waals surface area (Å²) in [6, 6.07) is 1.88. The van der Waals surface area contributed by atoms with Gasteiger partial charge in [-0.2, -0.15) is 0 Å². The van der Waals surface area contributed by atoms with Gasteiger partial charge in [0.15, 0.2) is 0 Å². The summed E-state index contributed by atoms with van der Waals surface area (Å²) in [5, 5.41) is 0. The van der Waals surface area contributed by atoms with E-state index < -0.39 is 0 Å². The molecule has 1 unspecified atom stereocenters. The number of hydrogen-bond acceptors (Lipinski definition) is 6. The molecule has 1 saturated heterocycles. The highest BCUT2D eigenvalue weighted by molar-refractivity contribution is 5.57. The maximum absolute atomic E-state index is 5.80. The lowest BCUT2D eigenvalue weighted by Crippen LogP contribution is -2.39. The van der Waals surface area contributed by atoms with Gasteiger partial charge in [0.05, 0.1) is 11.4 Å². The van der Waals surface area contributed by atoms with Crippen LogP contribution in [0.2, 0.25) is 0 Å². The summed E-state index contributed by atoms with van der Waals surface area (Å²) >= 11 is 0. The summed E-state index contributed by atoms with van der Waals surface area (Å²) in [5.74, 6) is 1.29. The second kappa shape index (κ2) is 6.13. The van der Waals surface area contributed by atoms with Crippen LogP contribution in [0.5, 0.6) is 0 Å². The molecule has 0 saturated carbocycles. The minimum absolute atomic E-state index is 0.532. The smallest absolute Gasteiger partial charge is 0.225 e. The van der Waals surface area contributed by atoms with E-state index in [4.69, 9.17) is 5.73 Å². The average molecular weight is 284 g/mol. The van der Waals surface area contributed by atoms with E-state index in [0.29, 0.717) is 5.92 Å². The number of aromatic nitrogens is 4. The molecule has 0 amide bonds. The van der Waals surface area contributed by atoms with Crippen LogP contribution < -0.4 is 10.6 Å². The molecule has 2 aromatic heterocycles. The first kappa shape index (κ1) is 13.9. The third-order valence-electron chi connectivity index (χ3n) is 3.90. The van der Waals surface area contributed by atoms with Gasteiger partial charge in [0.1, 0.15) is 5.69 Å². The van der Waals surface area contributed by atoms with Crippen LogP contribution in [0.3, 0.4) is 0 Å². The number of aryl methyl sites for hydroxylation is 1. The van der Waals surface area contributed by atoms with Gasteiger partial charge in [-0.15, -0.1) is 0 Å². The quantitative estimate of drug-likeness (QED) is 0.918. The zero-order valence-electron chi connectivity index (χ0n) is 12.2. The minimum atomic E-state index is 0.532. The van der Waals surface area contributed by atoms with E-state index in [1.165, 1.54) is 6.42 Å². The van der Waals surface area contributed by atoms with Crippen LogP contribution in [-0.4, -0.2) is 39.6 Å². The molecule has 2 aromatic rings. The van der Waals surface area contributed by atoms with Crippen LogP contribution in [0, 0.1) is 12.8 Å². The van der Waals surface area contributed by atoms with E-state index in [-0.39, 0.29) is 0 Å². The van der Waals surface area contributed by atoms with Crippen molar-refractivity contribution in [3.63, 3.8) is 0 Å². The van der Waals surface area contributed by atoms with Gasteiger partial charge in [0, 0.05) is 31.7 Å². The van der Waals surface area contributed by atoms with Crippen LogP contribution in [-0.2, 0) is 0 Å². The van der Waals surface area contributed by atoms with Crippen molar-refractivity contribution < 1.29 is 0 Å². The highest BCUT2D eigenvalue weighted by atomic mass is 15.3. The SMILES string of the molecule is Cc1nccnc1-c1ccnc(N2CCCC(CN)C2)n1. The van der Waals surface area contributed by atoms with Gasteiger partial charge in [0.2, 0.25) is 5.95 Å². The van der Waals surface area contributed by atoms with Crippen LogP contribution >= 0.6 is 0 Å². The molecule has 0 aromatic carbocycles. The Morgan fingerprint density at radius 3 is 2.90 bits per heavy atom. The number of rotatable bonds is 3. The van der Waals surface area contributed by atoms with Crippen molar-refractivity contribution in [1.82, 2.24) is 19.9 Å². The van der Waals surface area contributed by atoms with E-state index in [1.54, 1.807) is 18.6 Å². The lowest BCUT2D eigenvalue weighted by atomic mass is 9.99. The number of piperidine rings is 1. The molecule has 6 nitrogen and oxygen atoms in total. The molecule has 2 N–H and O–H groups in total. The van der Waals surface area contributed by atoms with E-state index in [9.17, 15) is 0 Å². The molecule has 3 rings (SSSR count). The normalized spacial score (nSPS) is 18.8. The number of hydrogen-bond donors (Lipinski definition) is 1. The molecule has 1 atom stereocenters. The third kappa shape index (κ3) is 3.00. The summed E-state index contributed by atoms with van der Waals surface area (Å²) in [7, 11) is 0. The first-order valence-electron chi connectivity index (χ1n) is 7.34. The lowest BCUT2D eigenvalue weighted by Gasteiger charge is -2.32. The summed E-state index contributed by atoms with van der Waals surface area (Å²) in [5.41, 5.74) is 8.31. The number of nitrogens with zero attached hydrogens (tertiary/aromatic N) is 5. The molecule has 3 heterocycles. The van der Waals surface area contributed by atoms with Gasteiger partial charge < -0.3 is 10.6 Å². The Morgan fingerprint density at radius 2 is 2.10 bits per heavy atom. The zero-order valence-corrected chi connectivity index (χ0v) is 12.2. The molecule has 0 radical (unpaired) electrons. The monoisotopic (exact) mass is 284 g/mol. The van der Waals surface area contributed by atoms with Crippen molar-refractivity contribution in [3.05, 3.63) is 30.4 Å². The highest BCUT2D eigenvalue weighted by Crippen LogP contribution is 2.22. The first-order valence-corrected chi connectivity index (χ1v) is 7.34. The predicted molar refractivity (Wildman–Crippen MR) is 81.8 cm³/mol.